The van der Waals surface area contributed by atoms with Crippen molar-refractivity contribution in [1.82, 2.24) is 4.57 Å². The number of halogens is 1. The number of carbonyl (C=O) groups excluding carboxylic acids is 1. The summed E-state index contributed by atoms with van der Waals surface area (Å²) in [5.41, 5.74) is 3.08. The third-order valence-corrected chi connectivity index (χ3v) is 4.19. The predicted octanol–water partition coefficient (Wildman–Crippen LogP) is 4.75. The highest BCUT2D eigenvalue weighted by Crippen LogP contribution is 2.24. The van der Waals surface area contributed by atoms with E-state index in [1.54, 1.807) is 0 Å². The number of aryl methyl sites for hydroxylation is 1. The molecular formula is C19H18ClNO2. The Morgan fingerprint density at radius 1 is 1.17 bits per heavy atom. The minimum absolute atomic E-state index is 0.530. The molecule has 0 amide bonds. The number of aromatic nitrogens is 1. The molecule has 0 spiro atoms. The molecule has 4 heteroatoms. The first kappa shape index (κ1) is 15.6. The topological polar surface area (TPSA) is 31.2 Å². The smallest absolute Gasteiger partial charge is 0.152 e. The fourth-order valence-electron chi connectivity index (χ4n) is 2.81. The molecule has 3 aromatic rings. The van der Waals surface area contributed by atoms with E-state index < -0.39 is 0 Å². The first-order valence-electron chi connectivity index (χ1n) is 7.67. The third-order valence-electron chi connectivity index (χ3n) is 3.94. The zero-order valence-electron chi connectivity index (χ0n) is 13.0. The van der Waals surface area contributed by atoms with Crippen LogP contribution in [0.25, 0.3) is 10.9 Å². The molecule has 0 saturated heterocycles. The van der Waals surface area contributed by atoms with Gasteiger partial charge in [0.2, 0.25) is 0 Å². The average molecular weight is 328 g/mol. The van der Waals surface area contributed by atoms with E-state index in [4.69, 9.17) is 16.3 Å². The molecule has 0 N–H and O–H groups in total. The fourth-order valence-corrected chi connectivity index (χ4v) is 2.94. The van der Waals surface area contributed by atoms with Gasteiger partial charge in [-0.25, -0.2) is 0 Å². The lowest BCUT2D eigenvalue weighted by Crippen LogP contribution is -2.08. The summed E-state index contributed by atoms with van der Waals surface area (Å²) >= 11 is 5.87. The summed E-state index contributed by atoms with van der Waals surface area (Å²) in [6.07, 6.45) is 3.75. The molecule has 0 radical (unpaired) electrons. The molecule has 0 bridgehead atoms. The SMILES string of the molecule is CCc1cccc2c(C=O)cn(CCOc3ccc(Cl)cc3)c12. The monoisotopic (exact) mass is 327 g/mol. The van der Waals surface area contributed by atoms with E-state index in [0.717, 1.165) is 34.9 Å². The van der Waals surface area contributed by atoms with E-state index in [2.05, 4.69) is 17.6 Å². The van der Waals surface area contributed by atoms with Crippen molar-refractivity contribution in [3.8, 4) is 5.75 Å². The number of nitrogens with zero attached hydrogens (tertiary/aromatic N) is 1. The number of hydrogen-bond donors (Lipinski definition) is 0. The van der Waals surface area contributed by atoms with Crippen LogP contribution in [0, 0.1) is 0 Å². The van der Waals surface area contributed by atoms with Crippen LogP contribution in [0.2, 0.25) is 5.02 Å². The first-order valence-corrected chi connectivity index (χ1v) is 8.05. The van der Waals surface area contributed by atoms with Crippen molar-refractivity contribution in [3.05, 3.63) is 64.8 Å². The predicted molar refractivity (Wildman–Crippen MR) is 93.7 cm³/mol. The first-order chi connectivity index (χ1) is 11.2. The molecule has 3 rings (SSSR count). The Morgan fingerprint density at radius 3 is 2.65 bits per heavy atom. The van der Waals surface area contributed by atoms with Crippen LogP contribution in [0.15, 0.2) is 48.7 Å². The highest BCUT2D eigenvalue weighted by molar-refractivity contribution is 6.30. The van der Waals surface area contributed by atoms with Gasteiger partial charge >= 0.3 is 0 Å². The molecule has 0 saturated carbocycles. The molecular weight excluding hydrogens is 310 g/mol. The quantitative estimate of drug-likeness (QED) is 0.612. The molecule has 3 nitrogen and oxygen atoms in total. The molecule has 2 aromatic carbocycles. The number of hydrogen-bond acceptors (Lipinski definition) is 2. The lowest BCUT2D eigenvalue weighted by Gasteiger charge is -2.10. The van der Waals surface area contributed by atoms with Gasteiger partial charge in [-0.05, 0) is 36.2 Å². The Morgan fingerprint density at radius 2 is 1.96 bits per heavy atom. The number of aldehydes is 1. The summed E-state index contributed by atoms with van der Waals surface area (Å²) in [6.45, 7) is 3.34. The molecule has 0 atom stereocenters. The zero-order valence-corrected chi connectivity index (χ0v) is 13.7. The lowest BCUT2D eigenvalue weighted by atomic mass is 10.1. The number of ether oxygens (including phenoxy) is 1. The second-order valence-corrected chi connectivity index (χ2v) is 5.80. The Hall–Kier alpha value is -2.26. The Kier molecular flexibility index (Phi) is 4.68. The van der Waals surface area contributed by atoms with Crippen LogP contribution in [0.5, 0.6) is 5.75 Å². The van der Waals surface area contributed by atoms with Gasteiger partial charge in [0.15, 0.2) is 6.29 Å². The van der Waals surface area contributed by atoms with Crippen LogP contribution in [-0.2, 0) is 13.0 Å². The zero-order chi connectivity index (χ0) is 16.2. The molecule has 0 unspecified atom stereocenters. The van der Waals surface area contributed by atoms with Gasteiger partial charge in [-0.3, -0.25) is 4.79 Å². The molecule has 0 aliphatic carbocycles. The molecule has 1 aromatic heterocycles. The summed E-state index contributed by atoms with van der Waals surface area (Å²) in [6, 6.07) is 13.4. The highest BCUT2D eigenvalue weighted by atomic mass is 35.5. The molecule has 23 heavy (non-hydrogen) atoms. The van der Waals surface area contributed by atoms with E-state index in [1.807, 2.05) is 42.6 Å². The number of para-hydroxylation sites is 1. The van der Waals surface area contributed by atoms with E-state index in [-0.39, 0.29) is 0 Å². The van der Waals surface area contributed by atoms with Gasteiger partial charge < -0.3 is 9.30 Å². The molecule has 0 aliphatic heterocycles. The summed E-state index contributed by atoms with van der Waals surface area (Å²) < 4.78 is 7.87. The van der Waals surface area contributed by atoms with Crippen molar-refractivity contribution >= 4 is 28.8 Å². The molecule has 0 fully saturated rings. The Labute approximate surface area is 140 Å². The standard InChI is InChI=1S/C19H18ClNO2/c1-2-14-4-3-5-18-15(13-22)12-21(19(14)18)10-11-23-17-8-6-16(20)7-9-17/h3-9,12-13H,2,10-11H2,1H3. The number of fused-ring (bicyclic) bond motifs is 1. The van der Waals surface area contributed by atoms with Crippen LogP contribution >= 0.6 is 11.6 Å². The summed E-state index contributed by atoms with van der Waals surface area (Å²) in [5, 5.41) is 1.70. The van der Waals surface area contributed by atoms with Crippen molar-refractivity contribution in [3.63, 3.8) is 0 Å². The maximum Gasteiger partial charge on any atom is 0.152 e. The molecule has 0 aliphatic rings. The maximum atomic E-state index is 11.3. The van der Waals surface area contributed by atoms with Crippen molar-refractivity contribution in [1.29, 1.82) is 0 Å². The number of carbonyl (C=O) groups is 1. The van der Waals surface area contributed by atoms with Gasteiger partial charge in [-0.2, -0.15) is 0 Å². The van der Waals surface area contributed by atoms with E-state index >= 15 is 0 Å². The van der Waals surface area contributed by atoms with Gasteiger partial charge in [0.05, 0.1) is 12.1 Å². The van der Waals surface area contributed by atoms with Crippen molar-refractivity contribution < 1.29 is 9.53 Å². The van der Waals surface area contributed by atoms with Gasteiger partial charge in [0.25, 0.3) is 0 Å². The minimum atomic E-state index is 0.530. The normalized spacial score (nSPS) is 10.9. The second kappa shape index (κ2) is 6.88. The van der Waals surface area contributed by atoms with Crippen LogP contribution in [0.3, 0.4) is 0 Å². The molecule has 1 heterocycles. The van der Waals surface area contributed by atoms with Gasteiger partial charge in [0, 0.05) is 22.2 Å². The van der Waals surface area contributed by atoms with Crippen molar-refractivity contribution in [2.75, 3.05) is 6.61 Å². The van der Waals surface area contributed by atoms with Gasteiger partial charge in [-0.1, -0.05) is 36.7 Å². The van der Waals surface area contributed by atoms with Gasteiger partial charge in [-0.15, -0.1) is 0 Å². The fraction of sp³-hybridized carbons (Fsp3) is 0.211. The van der Waals surface area contributed by atoms with Crippen molar-refractivity contribution in [2.24, 2.45) is 0 Å². The van der Waals surface area contributed by atoms with Gasteiger partial charge in [0.1, 0.15) is 12.4 Å². The summed E-state index contributed by atoms with van der Waals surface area (Å²) in [4.78, 5) is 11.3. The minimum Gasteiger partial charge on any atom is -0.492 e. The van der Waals surface area contributed by atoms with E-state index in [1.165, 1.54) is 5.56 Å². The van der Waals surface area contributed by atoms with Crippen LogP contribution in [-0.4, -0.2) is 17.5 Å². The molecule has 118 valence electrons. The van der Waals surface area contributed by atoms with Crippen LogP contribution in [0.1, 0.15) is 22.8 Å². The van der Waals surface area contributed by atoms with E-state index in [0.29, 0.717) is 18.2 Å². The largest absolute Gasteiger partial charge is 0.492 e. The third kappa shape index (κ3) is 3.25. The Balaban J connectivity index is 1.82. The number of benzene rings is 2. The van der Waals surface area contributed by atoms with Crippen LogP contribution < -0.4 is 4.74 Å². The maximum absolute atomic E-state index is 11.3. The summed E-state index contributed by atoms with van der Waals surface area (Å²) in [7, 11) is 0. The Bertz CT molecular complexity index is 821. The summed E-state index contributed by atoms with van der Waals surface area (Å²) in [5.74, 6) is 0.789. The van der Waals surface area contributed by atoms with Crippen LogP contribution in [0.4, 0.5) is 0 Å². The average Bonchev–Trinajstić information content (AvgIpc) is 2.95. The second-order valence-electron chi connectivity index (χ2n) is 5.36. The van der Waals surface area contributed by atoms with E-state index in [9.17, 15) is 4.79 Å². The number of rotatable bonds is 6. The highest BCUT2D eigenvalue weighted by Gasteiger charge is 2.11. The lowest BCUT2D eigenvalue weighted by molar-refractivity contribution is 0.112. The van der Waals surface area contributed by atoms with Crippen molar-refractivity contribution in [2.45, 2.75) is 19.9 Å².